The van der Waals surface area contributed by atoms with E-state index in [4.69, 9.17) is 4.74 Å². The lowest BCUT2D eigenvalue weighted by Gasteiger charge is -2.29. The number of hydrogen-bond acceptors (Lipinski definition) is 5. The fourth-order valence-corrected chi connectivity index (χ4v) is 5.48. The molecule has 5 atom stereocenters. The number of methoxy groups -OCH3 is 1. The maximum atomic E-state index is 12.7. The Morgan fingerprint density at radius 1 is 1.25 bits per heavy atom. The summed E-state index contributed by atoms with van der Waals surface area (Å²) >= 11 is 1.38. The molecule has 2 saturated carbocycles. The zero-order valence-electron chi connectivity index (χ0n) is 16.6. The number of nitrogens with one attached hydrogen (secondary N) is 2. The molecule has 0 aliphatic heterocycles. The monoisotopic (exact) mass is 400 g/mol. The molecule has 0 saturated heterocycles. The Morgan fingerprint density at radius 3 is 2.68 bits per heavy atom. The molecule has 2 bridgehead atoms. The molecule has 2 aromatic rings. The molecule has 2 aliphatic carbocycles. The summed E-state index contributed by atoms with van der Waals surface area (Å²) in [7, 11) is 1.64. The Labute approximate surface area is 170 Å². The van der Waals surface area contributed by atoms with Crippen LogP contribution in [0.4, 0.5) is 0 Å². The summed E-state index contributed by atoms with van der Waals surface area (Å²) in [6.45, 7) is 4.08. The molecule has 1 heterocycles. The lowest BCUT2D eigenvalue weighted by molar-refractivity contribution is -0.121. The molecule has 2 N–H and O–H groups in total. The van der Waals surface area contributed by atoms with Crippen molar-refractivity contribution in [2.45, 2.75) is 56.0 Å². The highest BCUT2D eigenvalue weighted by atomic mass is 32.2. The van der Waals surface area contributed by atoms with Gasteiger partial charge in [0.2, 0.25) is 11.1 Å². The van der Waals surface area contributed by atoms with Crippen LogP contribution in [-0.4, -0.2) is 39.5 Å². The van der Waals surface area contributed by atoms with Crippen LogP contribution in [-0.2, 0) is 4.79 Å². The third-order valence-corrected chi connectivity index (χ3v) is 7.25. The number of hydrogen-bond donors (Lipinski definition) is 2. The van der Waals surface area contributed by atoms with E-state index in [2.05, 4.69) is 27.4 Å². The Balaban J connectivity index is 1.32. The highest BCUT2D eigenvalue weighted by molar-refractivity contribution is 8.00. The first kappa shape index (κ1) is 19.3. The summed E-state index contributed by atoms with van der Waals surface area (Å²) in [6, 6.07) is 7.88. The van der Waals surface area contributed by atoms with Crippen LogP contribution in [0.2, 0.25) is 0 Å². The standard InChI is InChI=1S/C21H28N4O2S/c1-12(18-11-14-4-5-16(18)10-14)22-20(26)13(2)28-21-23-19(24-25-21)15-6-8-17(27-3)9-7-15/h6-9,12-14,16,18H,4-5,10-11H2,1-3H3,(H,22,26)(H,23,24,25). The van der Waals surface area contributed by atoms with Crippen molar-refractivity contribution in [3.8, 4) is 17.1 Å². The maximum Gasteiger partial charge on any atom is 0.233 e. The van der Waals surface area contributed by atoms with Crippen molar-refractivity contribution in [2.24, 2.45) is 17.8 Å². The molecule has 28 heavy (non-hydrogen) atoms. The number of aromatic amines is 1. The SMILES string of the molecule is COc1ccc(-c2nc(SC(C)C(=O)NC(C)C3CC4CCC3C4)n[nH]2)cc1. The van der Waals surface area contributed by atoms with E-state index in [0.29, 0.717) is 16.9 Å². The van der Waals surface area contributed by atoms with Gasteiger partial charge in [-0.05, 0) is 75.1 Å². The van der Waals surface area contributed by atoms with Gasteiger partial charge < -0.3 is 10.1 Å². The van der Waals surface area contributed by atoms with Crippen LogP contribution in [0.15, 0.2) is 29.4 Å². The number of ether oxygens (including phenoxy) is 1. The maximum absolute atomic E-state index is 12.7. The third kappa shape index (κ3) is 4.04. The van der Waals surface area contributed by atoms with Crippen LogP contribution in [0.25, 0.3) is 11.4 Å². The Kier molecular flexibility index (Phi) is 5.62. The fourth-order valence-electron chi connectivity index (χ4n) is 4.74. The van der Waals surface area contributed by atoms with Crippen LogP contribution in [0.1, 0.15) is 39.5 Å². The minimum Gasteiger partial charge on any atom is -0.497 e. The van der Waals surface area contributed by atoms with Crippen molar-refractivity contribution in [1.29, 1.82) is 0 Å². The van der Waals surface area contributed by atoms with Crippen LogP contribution in [0.5, 0.6) is 5.75 Å². The average molecular weight is 401 g/mol. The molecule has 1 aromatic heterocycles. The minimum absolute atomic E-state index is 0.0658. The largest absolute Gasteiger partial charge is 0.497 e. The normalized spacial score (nSPS) is 25.5. The van der Waals surface area contributed by atoms with E-state index < -0.39 is 0 Å². The second kappa shape index (κ2) is 8.15. The molecule has 7 heteroatoms. The van der Waals surface area contributed by atoms with Crippen LogP contribution >= 0.6 is 11.8 Å². The number of carbonyl (C=O) groups excluding carboxylic acids is 1. The summed E-state index contributed by atoms with van der Waals surface area (Å²) in [5.74, 6) is 3.90. The lowest BCUT2D eigenvalue weighted by atomic mass is 9.84. The van der Waals surface area contributed by atoms with Gasteiger partial charge >= 0.3 is 0 Å². The second-order valence-electron chi connectivity index (χ2n) is 8.09. The van der Waals surface area contributed by atoms with Crippen LogP contribution in [0, 0.1) is 17.8 Å². The minimum atomic E-state index is -0.236. The van der Waals surface area contributed by atoms with Gasteiger partial charge in [-0.1, -0.05) is 18.2 Å². The number of nitrogens with zero attached hydrogens (tertiary/aromatic N) is 2. The van der Waals surface area contributed by atoms with Crippen LogP contribution in [0.3, 0.4) is 0 Å². The summed E-state index contributed by atoms with van der Waals surface area (Å²) in [5, 5.41) is 10.8. The highest BCUT2D eigenvalue weighted by Gasteiger charge is 2.42. The molecule has 0 spiro atoms. The first-order valence-electron chi connectivity index (χ1n) is 10.1. The number of carbonyl (C=O) groups is 1. The number of H-pyrrole nitrogens is 1. The summed E-state index contributed by atoms with van der Waals surface area (Å²) in [6.07, 6.45) is 5.36. The molecule has 1 aromatic carbocycles. The molecule has 6 nitrogen and oxygen atoms in total. The zero-order chi connectivity index (χ0) is 19.7. The van der Waals surface area contributed by atoms with Gasteiger partial charge in [0.05, 0.1) is 12.4 Å². The number of rotatable bonds is 7. The van der Waals surface area contributed by atoms with Crippen molar-refractivity contribution >= 4 is 17.7 Å². The quantitative estimate of drug-likeness (QED) is 0.689. The van der Waals surface area contributed by atoms with E-state index >= 15 is 0 Å². The van der Waals surface area contributed by atoms with Gasteiger partial charge in [0.15, 0.2) is 5.82 Å². The number of aromatic nitrogens is 3. The van der Waals surface area contributed by atoms with Crippen molar-refractivity contribution in [3.05, 3.63) is 24.3 Å². The number of benzene rings is 1. The topological polar surface area (TPSA) is 79.9 Å². The first-order valence-corrected chi connectivity index (χ1v) is 10.9. The average Bonchev–Trinajstić information content (AvgIpc) is 3.45. The van der Waals surface area contributed by atoms with Crippen molar-refractivity contribution in [2.75, 3.05) is 7.11 Å². The van der Waals surface area contributed by atoms with Crippen molar-refractivity contribution in [1.82, 2.24) is 20.5 Å². The fraction of sp³-hybridized carbons (Fsp3) is 0.571. The van der Waals surface area contributed by atoms with Crippen LogP contribution < -0.4 is 10.1 Å². The van der Waals surface area contributed by atoms with E-state index in [1.54, 1.807) is 7.11 Å². The summed E-state index contributed by atoms with van der Waals surface area (Å²) < 4.78 is 5.18. The number of thioether (sulfide) groups is 1. The predicted molar refractivity (Wildman–Crippen MR) is 110 cm³/mol. The molecule has 4 rings (SSSR count). The third-order valence-electron chi connectivity index (χ3n) is 6.28. The van der Waals surface area contributed by atoms with E-state index in [-0.39, 0.29) is 17.2 Å². The van der Waals surface area contributed by atoms with E-state index in [9.17, 15) is 4.79 Å². The molecule has 2 aliphatic rings. The van der Waals surface area contributed by atoms with Gasteiger partial charge in [0.1, 0.15) is 5.75 Å². The Morgan fingerprint density at radius 2 is 2.04 bits per heavy atom. The lowest BCUT2D eigenvalue weighted by Crippen LogP contribution is -2.43. The smallest absolute Gasteiger partial charge is 0.233 e. The number of fused-ring (bicyclic) bond motifs is 2. The molecular formula is C21H28N4O2S. The van der Waals surface area contributed by atoms with E-state index in [1.165, 1.54) is 37.4 Å². The second-order valence-corrected chi connectivity index (χ2v) is 9.40. The molecule has 1 amide bonds. The highest BCUT2D eigenvalue weighted by Crippen LogP contribution is 2.49. The first-order chi connectivity index (χ1) is 13.5. The van der Waals surface area contributed by atoms with E-state index in [1.807, 2.05) is 31.2 Å². The summed E-state index contributed by atoms with van der Waals surface area (Å²) in [5.41, 5.74) is 0.933. The van der Waals surface area contributed by atoms with E-state index in [0.717, 1.165) is 23.1 Å². The van der Waals surface area contributed by atoms with Gasteiger partial charge in [-0.15, -0.1) is 5.10 Å². The van der Waals surface area contributed by atoms with Crippen molar-refractivity contribution in [3.63, 3.8) is 0 Å². The Hall–Kier alpha value is -2.02. The molecule has 5 unspecified atom stereocenters. The van der Waals surface area contributed by atoms with Gasteiger partial charge in [0.25, 0.3) is 0 Å². The molecule has 2 fully saturated rings. The van der Waals surface area contributed by atoms with Gasteiger partial charge in [-0.25, -0.2) is 4.98 Å². The zero-order valence-corrected chi connectivity index (χ0v) is 17.5. The van der Waals surface area contributed by atoms with Gasteiger partial charge in [-0.3, -0.25) is 9.89 Å². The summed E-state index contributed by atoms with van der Waals surface area (Å²) in [4.78, 5) is 17.2. The van der Waals surface area contributed by atoms with Gasteiger partial charge in [-0.2, -0.15) is 0 Å². The van der Waals surface area contributed by atoms with Crippen molar-refractivity contribution < 1.29 is 9.53 Å². The molecule has 150 valence electrons. The molecular weight excluding hydrogens is 372 g/mol. The van der Waals surface area contributed by atoms with Gasteiger partial charge in [0, 0.05) is 11.6 Å². The molecule has 0 radical (unpaired) electrons. The Bertz CT molecular complexity index is 822. The number of amides is 1. The predicted octanol–water partition coefficient (Wildman–Crippen LogP) is 3.90.